The zero-order chi connectivity index (χ0) is 12.6. The van der Waals surface area contributed by atoms with E-state index in [4.69, 9.17) is 11.6 Å². The first-order valence-corrected chi connectivity index (χ1v) is 5.81. The van der Waals surface area contributed by atoms with Crippen LogP contribution in [0, 0.1) is 12.1 Å². The van der Waals surface area contributed by atoms with E-state index in [1.807, 2.05) is 4.57 Å². The van der Waals surface area contributed by atoms with Crippen LogP contribution < -0.4 is 10.4 Å². The first kappa shape index (κ1) is 11.9. The van der Waals surface area contributed by atoms with Crippen molar-refractivity contribution >= 4 is 22.8 Å². The Hall–Kier alpha value is -1.56. The van der Waals surface area contributed by atoms with Gasteiger partial charge < -0.3 is 9.77 Å². The minimum absolute atomic E-state index is 0.167. The van der Waals surface area contributed by atoms with Gasteiger partial charge in [0, 0.05) is 12.4 Å². The Kier molecular flexibility index (Phi) is 3.06. The van der Waals surface area contributed by atoms with Crippen molar-refractivity contribution in [2.45, 2.75) is 19.9 Å². The number of hydrogen-bond donors (Lipinski definition) is 0. The lowest BCUT2D eigenvalue weighted by atomic mass is 10.3. The van der Waals surface area contributed by atoms with Crippen LogP contribution >= 0.6 is 11.6 Å². The highest BCUT2D eigenvalue weighted by atomic mass is 35.5. The molecule has 0 aromatic carbocycles. The monoisotopic (exact) mass is 256 g/mol. The van der Waals surface area contributed by atoms with Crippen LogP contribution in [0.3, 0.4) is 0 Å². The zero-order valence-electron chi connectivity index (χ0n) is 9.68. The minimum atomic E-state index is -0.613. The van der Waals surface area contributed by atoms with Crippen molar-refractivity contribution in [2.75, 3.05) is 5.88 Å². The first-order valence-electron chi connectivity index (χ1n) is 5.28. The lowest BCUT2D eigenvalue weighted by molar-refractivity contribution is -0.600. The normalized spacial score (nSPS) is 11.2. The number of nitrogens with zero attached hydrogens (tertiary/aromatic N) is 4. The summed E-state index contributed by atoms with van der Waals surface area (Å²) in [6.07, 6.45) is 2.35. The molecule has 0 unspecified atom stereocenters. The number of rotatable bonds is 3. The number of alkyl halides is 1. The molecule has 6 nitrogen and oxygen atoms in total. The lowest BCUT2D eigenvalue weighted by Crippen LogP contribution is -2.51. The zero-order valence-corrected chi connectivity index (χ0v) is 10.4. The molecule has 2 rings (SSSR count). The summed E-state index contributed by atoms with van der Waals surface area (Å²) in [6.45, 7) is 2.47. The predicted molar refractivity (Wildman–Crippen MR) is 64.0 cm³/mol. The van der Waals surface area contributed by atoms with E-state index in [0.717, 1.165) is 12.1 Å². The molecule has 0 aliphatic heterocycles. The number of imidazole rings is 1. The molecule has 7 heteroatoms. The smallest absolute Gasteiger partial charge is 0.443 e. The van der Waals surface area contributed by atoms with Crippen LogP contribution in [0.5, 0.6) is 0 Å². The van der Waals surface area contributed by atoms with Crippen molar-refractivity contribution in [3.63, 3.8) is 0 Å². The quantitative estimate of drug-likeness (QED) is 0.451. The molecule has 0 N–H and O–H groups in total. The summed E-state index contributed by atoms with van der Waals surface area (Å²) in [5.74, 6) is 0.544. The summed E-state index contributed by atoms with van der Waals surface area (Å²) in [6, 6.07) is 0. The fourth-order valence-electron chi connectivity index (χ4n) is 1.82. The van der Waals surface area contributed by atoms with E-state index in [1.54, 1.807) is 20.3 Å². The molecule has 0 saturated carbocycles. The molecule has 0 atom stereocenters. The largest absolute Gasteiger partial charge is 0.737 e. The van der Waals surface area contributed by atoms with Crippen LogP contribution in [0.25, 0.3) is 11.2 Å². The third-order valence-corrected chi connectivity index (χ3v) is 3.12. The summed E-state index contributed by atoms with van der Waals surface area (Å²) in [5, 5.41) is 11.7. The van der Waals surface area contributed by atoms with E-state index in [2.05, 4.69) is 4.98 Å². The topological polar surface area (TPSA) is 66.8 Å². The average molecular weight is 257 g/mol. The highest BCUT2D eigenvalue weighted by Gasteiger charge is 2.18. The van der Waals surface area contributed by atoms with Gasteiger partial charge in [0.2, 0.25) is 0 Å². The third-order valence-electron chi connectivity index (χ3n) is 2.85. The Labute approximate surface area is 103 Å². The van der Waals surface area contributed by atoms with Gasteiger partial charge in [-0.2, -0.15) is 0 Å². The molecule has 0 bridgehead atoms. The summed E-state index contributed by atoms with van der Waals surface area (Å²) in [5.41, 5.74) is 0.967. The summed E-state index contributed by atoms with van der Waals surface area (Å²) >= 11 is 5.64. The molecule has 0 aliphatic carbocycles. The first-order chi connectivity index (χ1) is 8.07. The number of fused-ring (bicyclic) bond motifs is 1. The third kappa shape index (κ3) is 1.78. The molecular formula is C10H13ClN4O2. The van der Waals surface area contributed by atoms with Gasteiger partial charge in [-0.05, 0) is 13.3 Å². The van der Waals surface area contributed by atoms with Gasteiger partial charge in [0.25, 0.3) is 5.65 Å². The van der Waals surface area contributed by atoms with Crippen molar-refractivity contribution in [1.82, 2.24) is 14.1 Å². The van der Waals surface area contributed by atoms with E-state index >= 15 is 0 Å². The molecule has 0 fully saturated rings. The molecule has 2 heterocycles. The van der Waals surface area contributed by atoms with Gasteiger partial charge in [-0.15, -0.1) is 11.6 Å². The van der Waals surface area contributed by atoms with Gasteiger partial charge in [-0.1, -0.05) is 4.98 Å². The molecular weight excluding hydrogens is 244 g/mol. The van der Waals surface area contributed by atoms with Crippen LogP contribution in [0.15, 0.2) is 11.1 Å². The maximum Gasteiger partial charge on any atom is 0.443 e. The fraction of sp³-hybridized carbons (Fsp3) is 0.500. The predicted octanol–water partition coefficient (Wildman–Crippen LogP) is 0.306. The van der Waals surface area contributed by atoms with Gasteiger partial charge in [-0.3, -0.25) is 0 Å². The Bertz CT molecular complexity index is 617. The Morgan fingerprint density at radius 2 is 2.29 bits per heavy atom. The van der Waals surface area contributed by atoms with Crippen molar-refractivity contribution in [3.8, 4) is 0 Å². The van der Waals surface area contributed by atoms with Gasteiger partial charge in [0.05, 0.1) is 7.05 Å². The number of hydrogen-bond acceptors (Lipinski definition) is 3. The second kappa shape index (κ2) is 4.37. The van der Waals surface area contributed by atoms with Crippen LogP contribution in [0.4, 0.5) is 0 Å². The fourth-order valence-corrected chi connectivity index (χ4v) is 1.94. The van der Waals surface area contributed by atoms with Gasteiger partial charge >= 0.3 is 5.69 Å². The molecule has 0 amide bonds. The van der Waals surface area contributed by atoms with Crippen molar-refractivity contribution in [2.24, 2.45) is 7.05 Å². The minimum Gasteiger partial charge on any atom is -0.737 e. The van der Waals surface area contributed by atoms with Crippen LogP contribution in [-0.4, -0.2) is 20.0 Å². The molecule has 0 radical (unpaired) electrons. The van der Waals surface area contributed by atoms with E-state index in [9.17, 15) is 10.0 Å². The maximum absolute atomic E-state index is 11.7. The maximum atomic E-state index is 11.7. The van der Waals surface area contributed by atoms with Gasteiger partial charge in [-0.25, -0.2) is 14.1 Å². The molecule has 0 aliphatic rings. The number of halogens is 1. The molecule has 17 heavy (non-hydrogen) atoms. The standard InChI is InChI=1S/C10H13ClN4O2/c1-7-8-9(15(17)10(16)13(7)2)12-6-14(8)5-3-4-11/h6H,3-5H2,1-2H3. The van der Waals surface area contributed by atoms with Crippen LogP contribution in [-0.2, 0) is 13.6 Å². The highest BCUT2D eigenvalue weighted by Crippen LogP contribution is 2.12. The molecule has 0 spiro atoms. The van der Waals surface area contributed by atoms with Crippen LogP contribution in [0.1, 0.15) is 12.1 Å². The lowest BCUT2D eigenvalue weighted by Gasteiger charge is -2.08. The number of aromatic nitrogens is 4. The summed E-state index contributed by atoms with van der Waals surface area (Å²) in [7, 11) is 1.57. The summed E-state index contributed by atoms with van der Waals surface area (Å²) < 4.78 is 3.49. The SMILES string of the molecule is Cc1c2c(ncn2CCCCl)[n+]([O-])c(=O)n1C. The molecule has 2 aromatic heterocycles. The van der Waals surface area contributed by atoms with Crippen molar-refractivity contribution < 1.29 is 4.73 Å². The molecule has 92 valence electrons. The molecule has 2 aromatic rings. The Morgan fingerprint density at radius 3 is 2.94 bits per heavy atom. The van der Waals surface area contributed by atoms with E-state index in [1.165, 1.54) is 4.57 Å². The van der Waals surface area contributed by atoms with E-state index in [-0.39, 0.29) is 5.65 Å². The average Bonchev–Trinajstić information content (AvgIpc) is 2.75. The van der Waals surface area contributed by atoms with Crippen molar-refractivity contribution in [3.05, 3.63) is 27.7 Å². The van der Waals surface area contributed by atoms with Gasteiger partial charge in [0.15, 0.2) is 11.8 Å². The number of aryl methyl sites for hydroxylation is 2. The van der Waals surface area contributed by atoms with Gasteiger partial charge in [0.1, 0.15) is 5.69 Å². The summed E-state index contributed by atoms with van der Waals surface area (Å²) in [4.78, 5) is 15.6. The van der Waals surface area contributed by atoms with Crippen molar-refractivity contribution in [1.29, 1.82) is 0 Å². The van der Waals surface area contributed by atoms with Crippen LogP contribution in [0.2, 0.25) is 0 Å². The van der Waals surface area contributed by atoms with E-state index in [0.29, 0.717) is 22.7 Å². The molecule has 0 saturated heterocycles. The highest BCUT2D eigenvalue weighted by molar-refractivity contribution is 6.17. The Morgan fingerprint density at radius 1 is 1.59 bits per heavy atom. The Balaban J connectivity index is 2.72. The second-order valence-corrected chi connectivity index (χ2v) is 4.25. The second-order valence-electron chi connectivity index (χ2n) is 3.87. The van der Waals surface area contributed by atoms with E-state index < -0.39 is 5.69 Å².